The summed E-state index contributed by atoms with van der Waals surface area (Å²) in [7, 11) is 0. The van der Waals surface area contributed by atoms with Gasteiger partial charge in [0.15, 0.2) is 5.82 Å². The first kappa shape index (κ1) is 16.4. The van der Waals surface area contributed by atoms with Crippen LogP contribution in [-0.2, 0) is 0 Å². The number of hydrogen-bond acceptors (Lipinski definition) is 4. The van der Waals surface area contributed by atoms with Gasteiger partial charge in [-0.15, -0.1) is 0 Å². The van der Waals surface area contributed by atoms with Crippen LogP contribution in [0.5, 0.6) is 0 Å². The summed E-state index contributed by atoms with van der Waals surface area (Å²) >= 11 is 3.46. The van der Waals surface area contributed by atoms with E-state index in [-0.39, 0.29) is 17.6 Å². The number of nitrogens with one attached hydrogen (secondary N) is 2. The Morgan fingerprint density at radius 1 is 1.33 bits per heavy atom. The van der Waals surface area contributed by atoms with Gasteiger partial charge in [-0.2, -0.15) is 5.10 Å². The maximum atomic E-state index is 12.4. The van der Waals surface area contributed by atoms with Gasteiger partial charge in [0.1, 0.15) is 0 Å². The molecule has 24 heavy (non-hydrogen) atoms. The van der Waals surface area contributed by atoms with Crippen molar-refractivity contribution >= 4 is 27.7 Å². The molecule has 0 fully saturated rings. The highest BCUT2D eigenvalue weighted by Gasteiger charge is 2.19. The van der Waals surface area contributed by atoms with Gasteiger partial charge in [0, 0.05) is 21.8 Å². The number of rotatable bonds is 4. The molecule has 2 N–H and O–H groups in total. The maximum absolute atomic E-state index is 12.4. The first-order valence-electron chi connectivity index (χ1n) is 7.54. The Labute approximate surface area is 147 Å². The Bertz CT molecular complexity index is 882. The predicted octanol–water partition coefficient (Wildman–Crippen LogP) is 4.51. The average molecular weight is 389 g/mol. The van der Waals surface area contributed by atoms with Crippen LogP contribution >= 0.6 is 15.9 Å². The zero-order chi connectivity index (χ0) is 17.3. The topological polar surface area (TPSA) is 83.8 Å². The number of amides is 1. The minimum atomic E-state index is -0.378. The van der Waals surface area contributed by atoms with E-state index in [1.807, 2.05) is 45.0 Å². The fourth-order valence-electron chi connectivity index (χ4n) is 2.35. The van der Waals surface area contributed by atoms with Gasteiger partial charge >= 0.3 is 0 Å². The van der Waals surface area contributed by atoms with E-state index in [2.05, 4.69) is 36.6 Å². The van der Waals surface area contributed by atoms with Gasteiger partial charge in [-0.1, -0.05) is 47.1 Å². The van der Waals surface area contributed by atoms with Crippen molar-refractivity contribution in [3.05, 3.63) is 52.0 Å². The summed E-state index contributed by atoms with van der Waals surface area (Å²) < 4.78 is 6.08. The monoisotopic (exact) mass is 388 g/mol. The van der Waals surface area contributed by atoms with Crippen molar-refractivity contribution in [3.8, 4) is 11.1 Å². The van der Waals surface area contributed by atoms with Gasteiger partial charge in [-0.25, -0.2) is 0 Å². The Kier molecular flexibility index (Phi) is 4.53. The van der Waals surface area contributed by atoms with Crippen LogP contribution in [0.25, 0.3) is 11.1 Å². The van der Waals surface area contributed by atoms with Crippen molar-refractivity contribution in [1.82, 2.24) is 15.4 Å². The number of halogens is 1. The summed E-state index contributed by atoms with van der Waals surface area (Å²) in [5.74, 6) is 0.440. The van der Waals surface area contributed by atoms with Crippen molar-refractivity contribution in [1.29, 1.82) is 0 Å². The van der Waals surface area contributed by atoms with Crippen molar-refractivity contribution in [3.63, 3.8) is 0 Å². The molecule has 124 valence electrons. The SMILES string of the molecule is Cc1[nH]nc(NC(=O)c2cc(C(C)C)no2)c1-c1cccc(Br)c1. The number of carbonyl (C=O) groups excluding carboxylic acids is 1. The Balaban J connectivity index is 1.89. The van der Waals surface area contributed by atoms with Crippen LogP contribution in [0.15, 0.2) is 39.3 Å². The van der Waals surface area contributed by atoms with E-state index >= 15 is 0 Å². The molecule has 0 aliphatic carbocycles. The van der Waals surface area contributed by atoms with E-state index in [4.69, 9.17) is 4.52 Å². The lowest BCUT2D eigenvalue weighted by Gasteiger charge is -2.05. The van der Waals surface area contributed by atoms with Crippen LogP contribution in [0.4, 0.5) is 5.82 Å². The summed E-state index contributed by atoms with van der Waals surface area (Å²) in [6, 6.07) is 9.46. The lowest BCUT2D eigenvalue weighted by atomic mass is 10.1. The van der Waals surface area contributed by atoms with E-state index in [1.54, 1.807) is 6.07 Å². The second-order valence-corrected chi connectivity index (χ2v) is 6.72. The highest BCUT2D eigenvalue weighted by Crippen LogP contribution is 2.31. The number of benzene rings is 1. The average Bonchev–Trinajstić information content (AvgIpc) is 3.15. The summed E-state index contributed by atoms with van der Waals surface area (Å²) in [6.45, 7) is 5.88. The van der Waals surface area contributed by atoms with Gasteiger partial charge in [-0.05, 0) is 30.5 Å². The number of nitrogens with zero attached hydrogens (tertiary/aromatic N) is 2. The molecular weight excluding hydrogens is 372 g/mol. The van der Waals surface area contributed by atoms with E-state index in [9.17, 15) is 4.79 Å². The first-order valence-corrected chi connectivity index (χ1v) is 8.34. The number of aromatic amines is 1. The van der Waals surface area contributed by atoms with Crippen LogP contribution in [0.2, 0.25) is 0 Å². The summed E-state index contributed by atoms with van der Waals surface area (Å²) in [5, 5.41) is 13.8. The molecule has 0 radical (unpaired) electrons. The number of hydrogen-bond donors (Lipinski definition) is 2. The third kappa shape index (κ3) is 3.26. The Morgan fingerprint density at radius 3 is 2.79 bits per heavy atom. The number of H-pyrrole nitrogens is 1. The quantitative estimate of drug-likeness (QED) is 0.688. The van der Waals surface area contributed by atoms with Gasteiger partial charge < -0.3 is 9.84 Å². The lowest BCUT2D eigenvalue weighted by molar-refractivity contribution is 0.0987. The Morgan fingerprint density at radius 2 is 2.12 bits per heavy atom. The second-order valence-electron chi connectivity index (χ2n) is 5.81. The van der Waals surface area contributed by atoms with Crippen LogP contribution in [-0.4, -0.2) is 21.3 Å². The van der Waals surface area contributed by atoms with Gasteiger partial charge in [-0.3, -0.25) is 9.89 Å². The molecular formula is C17H17BrN4O2. The van der Waals surface area contributed by atoms with Crippen molar-refractivity contribution in [2.45, 2.75) is 26.7 Å². The summed E-state index contributed by atoms with van der Waals surface area (Å²) in [4.78, 5) is 12.4. The normalized spacial score (nSPS) is 11.0. The predicted molar refractivity (Wildman–Crippen MR) is 95.0 cm³/mol. The van der Waals surface area contributed by atoms with E-state index in [0.717, 1.165) is 27.0 Å². The largest absolute Gasteiger partial charge is 0.351 e. The molecule has 0 aliphatic rings. The highest BCUT2D eigenvalue weighted by atomic mass is 79.9. The molecule has 0 spiro atoms. The van der Waals surface area contributed by atoms with Gasteiger partial charge in [0.25, 0.3) is 5.91 Å². The molecule has 0 bridgehead atoms. The summed E-state index contributed by atoms with van der Waals surface area (Å²) in [5.41, 5.74) is 3.40. The summed E-state index contributed by atoms with van der Waals surface area (Å²) in [6.07, 6.45) is 0. The van der Waals surface area contributed by atoms with E-state index in [1.165, 1.54) is 0 Å². The van der Waals surface area contributed by atoms with Crippen molar-refractivity contribution in [2.75, 3.05) is 5.32 Å². The van der Waals surface area contributed by atoms with Crippen LogP contribution in [0.1, 0.15) is 41.7 Å². The molecule has 7 heteroatoms. The molecule has 3 aromatic rings. The molecule has 3 rings (SSSR count). The molecule has 1 aromatic carbocycles. The van der Waals surface area contributed by atoms with Gasteiger partial charge in [0.2, 0.25) is 5.76 Å². The minimum Gasteiger partial charge on any atom is -0.351 e. The Hall–Kier alpha value is -2.41. The van der Waals surface area contributed by atoms with E-state index in [0.29, 0.717) is 5.82 Å². The fraction of sp³-hybridized carbons (Fsp3) is 0.235. The molecule has 0 saturated carbocycles. The first-order chi connectivity index (χ1) is 11.5. The van der Waals surface area contributed by atoms with Crippen molar-refractivity contribution < 1.29 is 9.32 Å². The molecule has 0 atom stereocenters. The lowest BCUT2D eigenvalue weighted by Crippen LogP contribution is -2.12. The molecule has 1 amide bonds. The fourth-order valence-corrected chi connectivity index (χ4v) is 2.75. The molecule has 0 unspecified atom stereocenters. The highest BCUT2D eigenvalue weighted by molar-refractivity contribution is 9.10. The maximum Gasteiger partial charge on any atom is 0.295 e. The van der Waals surface area contributed by atoms with Crippen LogP contribution < -0.4 is 5.32 Å². The molecule has 6 nitrogen and oxygen atoms in total. The molecule has 0 aliphatic heterocycles. The minimum absolute atomic E-state index is 0.166. The standard InChI is InChI=1S/C17H17BrN4O2/c1-9(2)13-8-14(24-22-13)17(23)19-16-15(10(3)20-21-16)11-5-4-6-12(18)7-11/h4-9H,1-3H3,(H2,19,20,21,23). The molecule has 2 heterocycles. The zero-order valence-corrected chi connectivity index (χ0v) is 15.1. The zero-order valence-electron chi connectivity index (χ0n) is 13.6. The molecule has 2 aromatic heterocycles. The smallest absolute Gasteiger partial charge is 0.295 e. The second kappa shape index (κ2) is 6.60. The number of anilines is 1. The number of aryl methyl sites for hydroxylation is 1. The number of carbonyl (C=O) groups is 1. The van der Waals surface area contributed by atoms with Crippen molar-refractivity contribution in [2.24, 2.45) is 0 Å². The number of aromatic nitrogens is 3. The third-order valence-electron chi connectivity index (χ3n) is 3.64. The third-order valence-corrected chi connectivity index (χ3v) is 4.13. The van der Waals surface area contributed by atoms with Crippen LogP contribution in [0, 0.1) is 6.92 Å². The van der Waals surface area contributed by atoms with E-state index < -0.39 is 0 Å². The van der Waals surface area contributed by atoms with Crippen LogP contribution in [0.3, 0.4) is 0 Å². The molecule has 0 saturated heterocycles. The van der Waals surface area contributed by atoms with Gasteiger partial charge in [0.05, 0.1) is 5.69 Å².